The van der Waals surface area contributed by atoms with Gasteiger partial charge in [0.1, 0.15) is 28.6 Å². The molecule has 0 saturated heterocycles. The van der Waals surface area contributed by atoms with E-state index in [1.165, 1.54) is 74.2 Å². The number of methoxy groups -OCH3 is 3. The fourth-order valence-electron chi connectivity index (χ4n) is 6.58. The predicted octanol–water partition coefficient (Wildman–Crippen LogP) is 6.97. The highest BCUT2D eigenvalue weighted by Gasteiger charge is 2.37. The third kappa shape index (κ3) is 7.89. The number of benzene rings is 5. The van der Waals surface area contributed by atoms with Crippen molar-refractivity contribution in [2.75, 3.05) is 39.7 Å². The molecule has 59 heavy (non-hydrogen) atoms. The molecule has 1 aliphatic rings. The molecule has 0 unspecified atom stereocenters. The maximum atomic E-state index is 14.5. The van der Waals surface area contributed by atoms with Gasteiger partial charge < -0.3 is 24.6 Å². The van der Waals surface area contributed by atoms with Gasteiger partial charge in [0.2, 0.25) is 10.0 Å². The number of nitrogens with one attached hydrogen (secondary N) is 1. The van der Waals surface area contributed by atoms with Crippen molar-refractivity contribution < 1.29 is 55.1 Å². The molecule has 0 saturated carbocycles. The largest absolute Gasteiger partial charge is 0.505 e. The summed E-state index contributed by atoms with van der Waals surface area (Å²) in [7, 11) is -4.91. The summed E-state index contributed by atoms with van der Waals surface area (Å²) in [5.74, 6) is -3.01. The molecule has 0 bridgehead atoms. The predicted molar refractivity (Wildman–Crippen MR) is 216 cm³/mol. The standard InChI is InChI=1S/C39H36ClN5O12S2/c1-6-44(7-2)58(50,51)21-13-15-31(55-3)30(17-21)42-43-35-26-16-22(59(52,53)54)12-14-23(26)27(20-45-38(48)24-10-8-9-11-25(24)39(45)49)34(36(35)46)37(47)41-29-18-28(40)32(56-4)19-33(29)57-5/h8-19,46H,6-7,20H2,1-5H3,(H,41,47)(H,52,53,54). The van der Waals surface area contributed by atoms with Crippen LogP contribution in [0.5, 0.6) is 23.0 Å². The Hall–Kier alpha value is -6.12. The number of amides is 3. The fraction of sp³-hybridized carbons (Fsp3) is 0.205. The van der Waals surface area contributed by atoms with Gasteiger partial charge in [-0.1, -0.05) is 43.6 Å². The van der Waals surface area contributed by atoms with Gasteiger partial charge in [0.15, 0.2) is 5.75 Å². The zero-order valence-corrected chi connectivity index (χ0v) is 34.4. The maximum absolute atomic E-state index is 14.5. The number of aromatic hydroxyl groups is 1. The number of azo groups is 1. The molecule has 0 radical (unpaired) electrons. The number of nitrogens with zero attached hydrogens (tertiary/aromatic N) is 4. The van der Waals surface area contributed by atoms with Gasteiger partial charge in [0, 0.05) is 24.5 Å². The SMILES string of the molecule is CCN(CC)S(=O)(=O)c1ccc(OC)c(N=Nc2c(O)c(C(=O)Nc3cc(Cl)c(OC)cc3OC)c(CN3C(=O)c4ccccc4C3=O)c3ccc(S(=O)(=O)O)cc23)c1. The van der Waals surface area contributed by atoms with Gasteiger partial charge in [-0.05, 0) is 59.5 Å². The van der Waals surface area contributed by atoms with Crippen molar-refractivity contribution >= 4 is 77.3 Å². The van der Waals surface area contributed by atoms with E-state index in [0.29, 0.717) is 0 Å². The highest BCUT2D eigenvalue weighted by Crippen LogP contribution is 2.46. The van der Waals surface area contributed by atoms with E-state index in [-0.39, 0.29) is 79.1 Å². The van der Waals surface area contributed by atoms with E-state index in [0.717, 1.165) is 17.0 Å². The van der Waals surface area contributed by atoms with Crippen LogP contribution in [0.1, 0.15) is 50.5 Å². The minimum Gasteiger partial charge on any atom is -0.505 e. The monoisotopic (exact) mass is 865 g/mol. The van der Waals surface area contributed by atoms with Crippen LogP contribution in [0.3, 0.4) is 0 Å². The number of carbonyl (C=O) groups excluding carboxylic acids is 3. The molecule has 3 N–H and O–H groups in total. The molecule has 1 heterocycles. The number of hydrogen-bond acceptors (Lipinski definition) is 13. The number of phenols is 1. The molecule has 0 fully saturated rings. The summed E-state index contributed by atoms with van der Waals surface area (Å²) < 4.78 is 79.1. The van der Waals surface area contributed by atoms with E-state index in [4.69, 9.17) is 25.8 Å². The lowest BCUT2D eigenvalue weighted by Gasteiger charge is -2.22. The molecule has 3 amide bonds. The van der Waals surface area contributed by atoms with Crippen LogP contribution in [0, 0.1) is 0 Å². The number of rotatable bonds is 14. The Morgan fingerprint density at radius 1 is 0.797 bits per heavy atom. The number of carbonyl (C=O) groups is 3. The number of halogens is 1. The highest BCUT2D eigenvalue weighted by molar-refractivity contribution is 7.89. The molecule has 308 valence electrons. The molecule has 20 heteroatoms. The van der Waals surface area contributed by atoms with Gasteiger partial charge in [-0.15, -0.1) is 10.2 Å². The Balaban J connectivity index is 1.63. The molecule has 0 atom stereocenters. The highest BCUT2D eigenvalue weighted by atomic mass is 35.5. The molecule has 0 spiro atoms. The second-order valence-corrected chi connectivity index (χ2v) is 16.5. The topological polar surface area (TPSA) is 231 Å². The number of fused-ring (bicyclic) bond motifs is 2. The lowest BCUT2D eigenvalue weighted by atomic mass is 9.94. The number of hydrogen-bond donors (Lipinski definition) is 3. The van der Waals surface area contributed by atoms with Crippen molar-refractivity contribution in [1.29, 1.82) is 0 Å². The van der Waals surface area contributed by atoms with E-state index in [1.807, 2.05) is 0 Å². The summed E-state index contributed by atoms with van der Waals surface area (Å²) in [5.41, 5.74) is -1.16. The molecular formula is C39H36ClN5O12S2. The van der Waals surface area contributed by atoms with Crippen molar-refractivity contribution in [2.45, 2.75) is 30.2 Å². The van der Waals surface area contributed by atoms with Gasteiger partial charge in [0.25, 0.3) is 27.8 Å². The Morgan fingerprint density at radius 2 is 1.41 bits per heavy atom. The fourth-order valence-corrected chi connectivity index (χ4v) is 8.81. The molecule has 5 aromatic rings. The molecule has 1 aliphatic heterocycles. The lowest BCUT2D eigenvalue weighted by Crippen LogP contribution is -2.30. The smallest absolute Gasteiger partial charge is 0.294 e. The Morgan fingerprint density at radius 3 is 1.98 bits per heavy atom. The van der Waals surface area contributed by atoms with Gasteiger partial charge in [-0.2, -0.15) is 12.7 Å². The minimum absolute atomic E-state index is 0.00425. The first-order valence-corrected chi connectivity index (χ1v) is 20.8. The molecule has 6 rings (SSSR count). The lowest BCUT2D eigenvalue weighted by molar-refractivity contribution is 0.0640. The summed E-state index contributed by atoms with van der Waals surface area (Å²) in [6.45, 7) is 3.06. The third-order valence-electron chi connectivity index (χ3n) is 9.53. The average molecular weight is 866 g/mol. The third-order valence-corrected chi connectivity index (χ3v) is 12.7. The van der Waals surface area contributed by atoms with Crippen LogP contribution in [-0.4, -0.2) is 87.8 Å². The zero-order valence-electron chi connectivity index (χ0n) is 32.0. The molecule has 0 aliphatic carbocycles. The van der Waals surface area contributed by atoms with Crippen molar-refractivity contribution in [3.63, 3.8) is 0 Å². The van der Waals surface area contributed by atoms with Crippen LogP contribution in [0.2, 0.25) is 5.02 Å². The summed E-state index contributed by atoms with van der Waals surface area (Å²) in [4.78, 5) is 41.8. The maximum Gasteiger partial charge on any atom is 0.294 e. The van der Waals surface area contributed by atoms with E-state index >= 15 is 0 Å². The van der Waals surface area contributed by atoms with E-state index in [9.17, 15) is 40.9 Å². The van der Waals surface area contributed by atoms with Crippen molar-refractivity contribution in [3.8, 4) is 23.0 Å². The Bertz CT molecular complexity index is 2780. The molecule has 0 aromatic heterocycles. The van der Waals surface area contributed by atoms with Crippen molar-refractivity contribution in [1.82, 2.24) is 9.21 Å². The van der Waals surface area contributed by atoms with Crippen LogP contribution < -0.4 is 19.5 Å². The number of ether oxygens (including phenoxy) is 3. The van der Waals surface area contributed by atoms with Crippen LogP contribution >= 0.6 is 11.6 Å². The first kappa shape index (κ1) is 42.5. The van der Waals surface area contributed by atoms with Crippen molar-refractivity contribution in [3.05, 3.63) is 100 Å². The number of sulfonamides is 1. The van der Waals surface area contributed by atoms with Crippen LogP contribution in [-0.2, 0) is 26.7 Å². The average Bonchev–Trinajstić information content (AvgIpc) is 3.45. The normalized spacial score (nSPS) is 13.1. The Labute approximate surface area is 343 Å². The van der Waals surface area contributed by atoms with Gasteiger partial charge in [-0.3, -0.25) is 23.8 Å². The van der Waals surface area contributed by atoms with Crippen LogP contribution in [0.15, 0.2) is 92.8 Å². The Kier molecular flexibility index (Phi) is 12.0. The second kappa shape index (κ2) is 16.6. The number of phenolic OH excluding ortho intramolecular Hbond substituents is 1. The van der Waals surface area contributed by atoms with E-state index in [1.54, 1.807) is 26.0 Å². The second-order valence-electron chi connectivity index (χ2n) is 12.7. The number of imide groups is 1. The minimum atomic E-state index is -4.89. The summed E-state index contributed by atoms with van der Waals surface area (Å²) >= 11 is 6.38. The van der Waals surface area contributed by atoms with E-state index < -0.39 is 66.3 Å². The van der Waals surface area contributed by atoms with Crippen LogP contribution in [0.25, 0.3) is 10.8 Å². The van der Waals surface area contributed by atoms with E-state index in [2.05, 4.69) is 15.5 Å². The van der Waals surface area contributed by atoms with Gasteiger partial charge >= 0.3 is 0 Å². The first-order chi connectivity index (χ1) is 28.0. The summed E-state index contributed by atoms with van der Waals surface area (Å²) in [5, 5.41) is 23.1. The van der Waals surface area contributed by atoms with Crippen molar-refractivity contribution in [2.24, 2.45) is 10.2 Å². The van der Waals surface area contributed by atoms with Crippen LogP contribution in [0.4, 0.5) is 17.1 Å². The van der Waals surface area contributed by atoms with Gasteiger partial charge in [-0.25, -0.2) is 8.42 Å². The molecule has 5 aromatic carbocycles. The zero-order chi connectivity index (χ0) is 43.0. The number of anilines is 1. The summed E-state index contributed by atoms with van der Waals surface area (Å²) in [6.07, 6.45) is 0. The molecule has 17 nitrogen and oxygen atoms in total. The quantitative estimate of drug-likeness (QED) is 0.0584. The first-order valence-electron chi connectivity index (χ1n) is 17.6. The summed E-state index contributed by atoms with van der Waals surface area (Å²) in [6, 6.07) is 15.8. The van der Waals surface area contributed by atoms with Gasteiger partial charge in [0.05, 0.1) is 65.1 Å². The molecular weight excluding hydrogens is 830 g/mol.